The van der Waals surface area contributed by atoms with Gasteiger partial charge in [-0.3, -0.25) is 9.89 Å². The quantitative estimate of drug-likeness (QED) is 0.660. The summed E-state index contributed by atoms with van der Waals surface area (Å²) in [6.07, 6.45) is 8.74. The fourth-order valence-corrected chi connectivity index (χ4v) is 4.22. The van der Waals surface area contributed by atoms with E-state index in [1.54, 1.807) is 59.8 Å². The summed E-state index contributed by atoms with van der Waals surface area (Å²) in [7, 11) is 1.76. The van der Waals surface area contributed by atoms with Crippen molar-refractivity contribution in [2.24, 2.45) is 0 Å². The van der Waals surface area contributed by atoms with Gasteiger partial charge >= 0.3 is 6.03 Å². The van der Waals surface area contributed by atoms with Crippen LogP contribution in [-0.2, 0) is 17.7 Å². The first-order chi connectivity index (χ1) is 15.6. The van der Waals surface area contributed by atoms with Gasteiger partial charge in [0.1, 0.15) is 6.10 Å². The summed E-state index contributed by atoms with van der Waals surface area (Å²) in [4.78, 5) is 33.5. The van der Waals surface area contributed by atoms with Crippen LogP contribution in [0, 0.1) is 0 Å². The van der Waals surface area contributed by atoms with Crippen molar-refractivity contribution in [2.45, 2.75) is 25.5 Å². The summed E-state index contributed by atoms with van der Waals surface area (Å²) in [5, 5.41) is 10.9. The molecule has 4 heterocycles. The smallest absolute Gasteiger partial charge is 0.322 e. The van der Waals surface area contributed by atoms with E-state index >= 15 is 0 Å². The molecule has 3 aromatic rings. The molecule has 1 atom stereocenters. The van der Waals surface area contributed by atoms with Crippen LogP contribution in [0.5, 0.6) is 0 Å². The van der Waals surface area contributed by atoms with Gasteiger partial charge in [-0.15, -0.1) is 0 Å². The Labute approximate surface area is 185 Å². The molecule has 2 aliphatic rings. The van der Waals surface area contributed by atoms with Gasteiger partial charge in [-0.1, -0.05) is 6.07 Å². The van der Waals surface area contributed by atoms with Crippen LogP contribution in [0.15, 0.2) is 49.0 Å². The first-order valence-corrected chi connectivity index (χ1v) is 10.6. The van der Waals surface area contributed by atoms with Crippen LogP contribution < -0.4 is 5.32 Å². The minimum atomic E-state index is -0.202. The van der Waals surface area contributed by atoms with Gasteiger partial charge in [0.2, 0.25) is 0 Å². The van der Waals surface area contributed by atoms with E-state index in [1.807, 2.05) is 6.08 Å². The topological polar surface area (TPSA) is 103 Å². The van der Waals surface area contributed by atoms with E-state index in [0.29, 0.717) is 30.9 Å². The monoisotopic (exact) mass is 432 g/mol. The number of fused-ring (bicyclic) bond motifs is 3. The number of carbonyl (C=O) groups excluding carboxylic acids is 2. The van der Waals surface area contributed by atoms with Gasteiger partial charge in [-0.25, -0.2) is 9.78 Å². The van der Waals surface area contributed by atoms with Crippen molar-refractivity contribution in [3.63, 3.8) is 0 Å². The Kier molecular flexibility index (Phi) is 5.22. The predicted molar refractivity (Wildman–Crippen MR) is 119 cm³/mol. The second kappa shape index (κ2) is 8.33. The maximum atomic E-state index is 12.9. The fourth-order valence-electron chi connectivity index (χ4n) is 4.22. The molecule has 0 aliphatic carbocycles. The summed E-state index contributed by atoms with van der Waals surface area (Å²) >= 11 is 0. The van der Waals surface area contributed by atoms with Gasteiger partial charge in [-0.2, -0.15) is 5.10 Å². The zero-order valence-corrected chi connectivity index (χ0v) is 17.7. The van der Waals surface area contributed by atoms with Crippen LogP contribution in [0.3, 0.4) is 0 Å². The molecular formula is C23H24N6O3. The molecule has 0 saturated heterocycles. The second-order valence-electron chi connectivity index (χ2n) is 8.13. The lowest BCUT2D eigenvalue weighted by molar-refractivity contribution is 0.0686. The molecule has 0 spiro atoms. The lowest BCUT2D eigenvalue weighted by Gasteiger charge is -2.29. The molecule has 0 fully saturated rings. The molecule has 2 aromatic heterocycles. The van der Waals surface area contributed by atoms with Crippen molar-refractivity contribution < 1.29 is 14.3 Å². The van der Waals surface area contributed by atoms with E-state index < -0.39 is 0 Å². The SMILES string of the molecule is CN(CC1CC=CO1)C(=O)c1cccc(NC(=O)N2CCc3c(cnc4[nH]ncc34)C2)c1. The molecule has 5 rings (SSSR count). The first kappa shape index (κ1) is 20.0. The van der Waals surface area contributed by atoms with Crippen molar-refractivity contribution in [2.75, 3.05) is 25.5 Å². The maximum Gasteiger partial charge on any atom is 0.322 e. The predicted octanol–water partition coefficient (Wildman–Crippen LogP) is 2.92. The molecule has 0 saturated carbocycles. The van der Waals surface area contributed by atoms with E-state index in [4.69, 9.17) is 4.74 Å². The number of H-pyrrole nitrogens is 1. The molecule has 1 unspecified atom stereocenters. The number of carbonyl (C=O) groups is 2. The Hall–Kier alpha value is -3.88. The molecule has 2 N–H and O–H groups in total. The van der Waals surface area contributed by atoms with Crippen molar-refractivity contribution in [3.8, 4) is 0 Å². The molecule has 0 radical (unpaired) electrons. The van der Waals surface area contributed by atoms with Gasteiger partial charge in [0.05, 0.1) is 19.0 Å². The van der Waals surface area contributed by atoms with Gasteiger partial charge < -0.3 is 19.9 Å². The number of anilines is 1. The summed E-state index contributed by atoms with van der Waals surface area (Å²) in [5.41, 5.74) is 4.08. The van der Waals surface area contributed by atoms with Gasteiger partial charge in [0, 0.05) is 49.4 Å². The molecule has 1 aromatic carbocycles. The molecule has 32 heavy (non-hydrogen) atoms. The number of urea groups is 1. The van der Waals surface area contributed by atoms with Crippen molar-refractivity contribution in [1.29, 1.82) is 0 Å². The summed E-state index contributed by atoms with van der Waals surface area (Å²) in [5.74, 6) is -0.112. The minimum Gasteiger partial charge on any atom is -0.496 e. The largest absolute Gasteiger partial charge is 0.496 e. The van der Waals surface area contributed by atoms with Crippen LogP contribution in [0.25, 0.3) is 11.0 Å². The van der Waals surface area contributed by atoms with Gasteiger partial charge in [0.15, 0.2) is 5.65 Å². The van der Waals surface area contributed by atoms with E-state index in [9.17, 15) is 9.59 Å². The van der Waals surface area contributed by atoms with E-state index in [1.165, 1.54) is 5.56 Å². The molecule has 9 heteroatoms. The van der Waals surface area contributed by atoms with Crippen molar-refractivity contribution in [1.82, 2.24) is 25.0 Å². The highest BCUT2D eigenvalue weighted by molar-refractivity contribution is 5.97. The number of rotatable bonds is 4. The fraction of sp³-hybridized carbons (Fsp3) is 0.304. The van der Waals surface area contributed by atoms with Crippen LogP contribution in [-0.4, -0.2) is 63.2 Å². The zero-order valence-electron chi connectivity index (χ0n) is 17.7. The highest BCUT2D eigenvalue weighted by atomic mass is 16.5. The lowest BCUT2D eigenvalue weighted by atomic mass is 9.99. The molecule has 2 aliphatic heterocycles. The Bertz CT molecular complexity index is 1200. The summed E-state index contributed by atoms with van der Waals surface area (Å²) in [6.45, 7) is 1.58. The minimum absolute atomic E-state index is 0.00779. The number of nitrogens with one attached hydrogen (secondary N) is 2. The van der Waals surface area contributed by atoms with Crippen LogP contribution in [0.1, 0.15) is 27.9 Å². The summed E-state index contributed by atoms with van der Waals surface area (Å²) in [6, 6.07) is 6.81. The third-order valence-corrected chi connectivity index (χ3v) is 5.91. The van der Waals surface area contributed by atoms with E-state index in [0.717, 1.165) is 29.4 Å². The van der Waals surface area contributed by atoms with Crippen LogP contribution >= 0.6 is 0 Å². The molecular weight excluding hydrogens is 408 g/mol. The number of hydrogen-bond donors (Lipinski definition) is 2. The number of amides is 3. The third kappa shape index (κ3) is 3.89. The molecule has 0 bridgehead atoms. The second-order valence-corrected chi connectivity index (χ2v) is 8.13. The van der Waals surface area contributed by atoms with Gasteiger partial charge in [0.25, 0.3) is 5.91 Å². The van der Waals surface area contributed by atoms with Crippen molar-refractivity contribution in [3.05, 3.63) is 65.7 Å². The molecule has 9 nitrogen and oxygen atoms in total. The number of ether oxygens (including phenoxy) is 1. The number of hydrogen-bond acceptors (Lipinski definition) is 5. The third-order valence-electron chi connectivity index (χ3n) is 5.91. The Morgan fingerprint density at radius 1 is 1.34 bits per heavy atom. The normalized spacial score (nSPS) is 17.2. The standard InChI is InChI=1S/C23H24N6O3/c1-28(14-18-6-3-9-32-18)22(30)15-4-2-5-17(10-15)26-23(31)29-8-7-19-16(13-29)11-24-21-20(19)12-25-27-21/h2-5,9-12,18H,6-8,13-14H2,1H3,(H,26,31)(H,24,25,27). The number of benzene rings is 1. The number of nitrogens with zero attached hydrogens (tertiary/aromatic N) is 4. The Morgan fingerprint density at radius 2 is 2.25 bits per heavy atom. The van der Waals surface area contributed by atoms with Crippen LogP contribution in [0.4, 0.5) is 10.5 Å². The van der Waals surface area contributed by atoms with Gasteiger partial charge in [-0.05, 0) is 41.8 Å². The van der Waals surface area contributed by atoms with Crippen LogP contribution in [0.2, 0.25) is 0 Å². The van der Waals surface area contributed by atoms with Crippen molar-refractivity contribution >= 4 is 28.7 Å². The Balaban J connectivity index is 1.24. The summed E-state index contributed by atoms with van der Waals surface area (Å²) < 4.78 is 5.45. The molecule has 164 valence electrons. The zero-order chi connectivity index (χ0) is 22.1. The first-order valence-electron chi connectivity index (χ1n) is 10.6. The number of pyridine rings is 1. The average Bonchev–Trinajstić information content (AvgIpc) is 3.50. The van der Waals surface area contributed by atoms with E-state index in [2.05, 4.69) is 20.5 Å². The van der Waals surface area contributed by atoms with E-state index in [-0.39, 0.29) is 18.0 Å². The highest BCUT2D eigenvalue weighted by Gasteiger charge is 2.24. The number of aromatic amines is 1. The number of likely N-dealkylation sites (N-methyl/N-ethyl adjacent to an activating group) is 1. The average molecular weight is 432 g/mol. The Morgan fingerprint density at radius 3 is 3.09 bits per heavy atom. The molecule has 3 amide bonds. The maximum absolute atomic E-state index is 12.9. The number of aromatic nitrogens is 3. The highest BCUT2D eigenvalue weighted by Crippen LogP contribution is 2.25. The lowest BCUT2D eigenvalue weighted by Crippen LogP contribution is -2.39.